The van der Waals surface area contributed by atoms with E-state index in [1.54, 1.807) is 6.26 Å². The number of unbranched alkanes of at least 4 members (excludes halogenated alkanes) is 2. The molecule has 0 aliphatic carbocycles. The van der Waals surface area contributed by atoms with Gasteiger partial charge in [0.05, 0.1) is 12.9 Å². The average Bonchev–Trinajstić information content (AvgIpc) is 2.16. The molecule has 0 bridgehead atoms. The number of hydrogen-bond acceptors (Lipinski definition) is 3. The largest absolute Gasteiger partial charge is 0.475 e. The number of ether oxygens (including phenoxy) is 2. The summed E-state index contributed by atoms with van der Waals surface area (Å²) >= 11 is 0. The molecule has 0 rings (SSSR count). The van der Waals surface area contributed by atoms with Gasteiger partial charge in [-0.3, -0.25) is 0 Å². The fourth-order valence-corrected chi connectivity index (χ4v) is 0.746. The molecule has 0 spiro atoms. The predicted octanol–water partition coefficient (Wildman–Crippen LogP) is 2.27. The lowest BCUT2D eigenvalue weighted by atomic mass is 10.2. The van der Waals surface area contributed by atoms with Crippen molar-refractivity contribution in [2.45, 2.75) is 32.6 Å². The SMILES string of the molecule is CCCOCOC=CCCCC=O. The summed E-state index contributed by atoms with van der Waals surface area (Å²) in [6.45, 7) is 3.10. The zero-order valence-corrected chi connectivity index (χ0v) is 8.20. The van der Waals surface area contributed by atoms with Crippen LogP contribution in [-0.2, 0) is 14.3 Å². The number of carbonyl (C=O) groups is 1. The molecule has 0 aromatic rings. The summed E-state index contributed by atoms with van der Waals surface area (Å²) in [4.78, 5) is 9.94. The molecule has 0 aliphatic heterocycles. The Balaban J connectivity index is 2.98. The molecule has 0 saturated heterocycles. The van der Waals surface area contributed by atoms with Gasteiger partial charge in [-0.05, 0) is 25.3 Å². The van der Waals surface area contributed by atoms with Gasteiger partial charge in [0, 0.05) is 6.42 Å². The van der Waals surface area contributed by atoms with Crippen molar-refractivity contribution in [3.8, 4) is 0 Å². The van der Waals surface area contributed by atoms with E-state index in [1.807, 2.05) is 6.08 Å². The first-order valence-corrected chi connectivity index (χ1v) is 4.69. The second-order valence-electron chi connectivity index (χ2n) is 2.66. The van der Waals surface area contributed by atoms with E-state index in [9.17, 15) is 4.79 Å². The van der Waals surface area contributed by atoms with Gasteiger partial charge in [0.1, 0.15) is 6.29 Å². The zero-order chi connectivity index (χ0) is 9.78. The van der Waals surface area contributed by atoms with Crippen LogP contribution in [-0.4, -0.2) is 19.7 Å². The minimum Gasteiger partial charge on any atom is -0.475 e. The minimum absolute atomic E-state index is 0.317. The summed E-state index contributed by atoms with van der Waals surface area (Å²) in [5.41, 5.74) is 0. The maximum Gasteiger partial charge on any atom is 0.188 e. The lowest BCUT2D eigenvalue weighted by molar-refractivity contribution is -0.107. The summed E-state index contributed by atoms with van der Waals surface area (Å²) < 4.78 is 10.1. The maximum absolute atomic E-state index is 9.94. The second kappa shape index (κ2) is 11.2. The molecule has 3 nitrogen and oxygen atoms in total. The fraction of sp³-hybridized carbons (Fsp3) is 0.700. The molecule has 0 saturated carbocycles. The number of allylic oxidation sites excluding steroid dienone is 1. The molecule has 0 radical (unpaired) electrons. The Morgan fingerprint density at radius 2 is 2.15 bits per heavy atom. The van der Waals surface area contributed by atoms with Gasteiger partial charge in [-0.2, -0.15) is 0 Å². The van der Waals surface area contributed by atoms with Crippen LogP contribution in [0.1, 0.15) is 32.6 Å². The highest BCUT2D eigenvalue weighted by Gasteiger charge is 1.83. The molecule has 0 N–H and O–H groups in total. The third-order valence-electron chi connectivity index (χ3n) is 1.39. The second-order valence-corrected chi connectivity index (χ2v) is 2.66. The van der Waals surface area contributed by atoms with Gasteiger partial charge in [-0.1, -0.05) is 6.92 Å². The van der Waals surface area contributed by atoms with Gasteiger partial charge >= 0.3 is 0 Å². The van der Waals surface area contributed by atoms with Crippen LogP contribution in [0, 0.1) is 0 Å². The van der Waals surface area contributed by atoms with Crippen molar-refractivity contribution in [1.29, 1.82) is 0 Å². The molecule has 0 fully saturated rings. The summed E-state index contributed by atoms with van der Waals surface area (Å²) in [5, 5.41) is 0. The monoisotopic (exact) mass is 186 g/mol. The highest BCUT2D eigenvalue weighted by Crippen LogP contribution is 1.94. The summed E-state index contributed by atoms with van der Waals surface area (Å²) in [5.74, 6) is 0. The van der Waals surface area contributed by atoms with Gasteiger partial charge in [0.2, 0.25) is 0 Å². The van der Waals surface area contributed by atoms with E-state index in [0.29, 0.717) is 13.2 Å². The molecule has 13 heavy (non-hydrogen) atoms. The third-order valence-corrected chi connectivity index (χ3v) is 1.39. The predicted molar refractivity (Wildman–Crippen MR) is 51.3 cm³/mol. The van der Waals surface area contributed by atoms with Crippen LogP contribution in [0.2, 0.25) is 0 Å². The zero-order valence-electron chi connectivity index (χ0n) is 8.20. The highest BCUT2D eigenvalue weighted by molar-refractivity contribution is 5.48. The highest BCUT2D eigenvalue weighted by atomic mass is 16.7. The number of hydrogen-bond donors (Lipinski definition) is 0. The molecular weight excluding hydrogens is 168 g/mol. The standard InChI is InChI=1S/C10H18O3/c1-2-8-12-10-13-9-6-4-3-5-7-11/h6-7,9H,2-5,8,10H2,1H3. The van der Waals surface area contributed by atoms with Gasteiger partial charge in [-0.25, -0.2) is 0 Å². The quantitative estimate of drug-likeness (QED) is 0.240. The Kier molecular flexibility index (Phi) is 10.5. The van der Waals surface area contributed by atoms with E-state index in [-0.39, 0.29) is 0 Å². The normalized spacial score (nSPS) is 10.5. The number of rotatable bonds is 9. The third kappa shape index (κ3) is 11.2. The topological polar surface area (TPSA) is 35.5 Å². The average molecular weight is 186 g/mol. The van der Waals surface area contributed by atoms with E-state index in [1.165, 1.54) is 0 Å². The van der Waals surface area contributed by atoms with Crippen molar-refractivity contribution < 1.29 is 14.3 Å². The van der Waals surface area contributed by atoms with Crippen molar-refractivity contribution in [3.63, 3.8) is 0 Å². The van der Waals surface area contributed by atoms with Crippen LogP contribution >= 0.6 is 0 Å². The van der Waals surface area contributed by atoms with Crippen LogP contribution in [0.3, 0.4) is 0 Å². The molecule has 0 heterocycles. The molecular formula is C10H18O3. The molecule has 76 valence electrons. The summed E-state index contributed by atoms with van der Waals surface area (Å²) in [7, 11) is 0. The first-order chi connectivity index (χ1) is 6.41. The van der Waals surface area contributed by atoms with E-state index in [4.69, 9.17) is 9.47 Å². The lowest BCUT2D eigenvalue weighted by Gasteiger charge is -2.00. The van der Waals surface area contributed by atoms with Crippen molar-refractivity contribution >= 4 is 6.29 Å². The maximum atomic E-state index is 9.94. The summed E-state index contributed by atoms with van der Waals surface area (Å²) in [6, 6.07) is 0. The Bertz CT molecular complexity index is 132. The lowest BCUT2D eigenvalue weighted by Crippen LogP contribution is -1.95. The molecule has 0 atom stereocenters. The van der Waals surface area contributed by atoms with Crippen molar-refractivity contribution in [3.05, 3.63) is 12.3 Å². The van der Waals surface area contributed by atoms with E-state index >= 15 is 0 Å². The molecule has 0 aliphatic rings. The van der Waals surface area contributed by atoms with Gasteiger partial charge in [0.25, 0.3) is 0 Å². The smallest absolute Gasteiger partial charge is 0.188 e. The summed E-state index contributed by atoms with van der Waals surface area (Å²) in [6.07, 6.45) is 7.85. The van der Waals surface area contributed by atoms with Crippen LogP contribution in [0.5, 0.6) is 0 Å². The molecule has 0 aromatic heterocycles. The van der Waals surface area contributed by atoms with E-state index in [0.717, 1.165) is 32.2 Å². The molecule has 3 heteroatoms. The van der Waals surface area contributed by atoms with Crippen LogP contribution in [0.4, 0.5) is 0 Å². The van der Waals surface area contributed by atoms with Crippen LogP contribution in [0.15, 0.2) is 12.3 Å². The van der Waals surface area contributed by atoms with Crippen LogP contribution in [0.25, 0.3) is 0 Å². The molecule has 0 unspecified atom stereocenters. The Hall–Kier alpha value is -0.830. The van der Waals surface area contributed by atoms with E-state index in [2.05, 4.69) is 6.92 Å². The van der Waals surface area contributed by atoms with Crippen LogP contribution < -0.4 is 0 Å². The fourth-order valence-electron chi connectivity index (χ4n) is 0.746. The van der Waals surface area contributed by atoms with E-state index < -0.39 is 0 Å². The van der Waals surface area contributed by atoms with Crippen molar-refractivity contribution in [1.82, 2.24) is 0 Å². The van der Waals surface area contributed by atoms with Crippen molar-refractivity contribution in [2.75, 3.05) is 13.4 Å². The first kappa shape index (κ1) is 12.2. The number of aldehydes is 1. The van der Waals surface area contributed by atoms with Gasteiger partial charge in [-0.15, -0.1) is 0 Å². The van der Waals surface area contributed by atoms with Crippen molar-refractivity contribution in [2.24, 2.45) is 0 Å². The Morgan fingerprint density at radius 3 is 2.85 bits per heavy atom. The van der Waals surface area contributed by atoms with Gasteiger partial charge in [0.15, 0.2) is 6.79 Å². The van der Waals surface area contributed by atoms with Gasteiger partial charge < -0.3 is 14.3 Å². The molecule has 0 aromatic carbocycles. The first-order valence-electron chi connectivity index (χ1n) is 4.69. The minimum atomic E-state index is 0.317. The molecule has 0 amide bonds. The Morgan fingerprint density at radius 1 is 1.31 bits per heavy atom. The number of carbonyl (C=O) groups excluding carboxylic acids is 1. The Labute approximate surface area is 79.7 Å².